The van der Waals surface area contributed by atoms with Crippen LogP contribution in [0.5, 0.6) is 0 Å². The van der Waals surface area contributed by atoms with Gasteiger partial charge in [-0.1, -0.05) is 18.2 Å². The van der Waals surface area contributed by atoms with E-state index in [9.17, 15) is 9.50 Å². The normalized spacial score (nSPS) is 13.9. The molecule has 0 saturated heterocycles. The van der Waals surface area contributed by atoms with Crippen LogP contribution in [0.3, 0.4) is 0 Å². The molecule has 0 amide bonds. The highest BCUT2D eigenvalue weighted by molar-refractivity contribution is 5.19. The number of benzene rings is 1. The van der Waals surface area contributed by atoms with E-state index in [0.29, 0.717) is 6.42 Å². The van der Waals surface area contributed by atoms with Gasteiger partial charge >= 0.3 is 0 Å². The summed E-state index contributed by atoms with van der Waals surface area (Å²) in [6.07, 6.45) is 1.76. The topological polar surface area (TPSA) is 45.2 Å². The molecule has 2 aromatic rings. The predicted octanol–water partition coefficient (Wildman–Crippen LogP) is 3.13. The highest BCUT2D eigenvalue weighted by atomic mass is 19.1. The second-order valence-corrected chi connectivity index (χ2v) is 5.33. The number of nitrogens with zero attached hydrogens (tertiary/aromatic N) is 1. The first-order chi connectivity index (χ1) is 10.1. The fraction of sp³-hybridized carbons (Fsp3) is 0.353. The molecule has 3 nitrogen and oxygen atoms in total. The highest BCUT2D eigenvalue weighted by Crippen LogP contribution is 2.18. The summed E-state index contributed by atoms with van der Waals surface area (Å²) in [6, 6.07) is 10.1. The van der Waals surface area contributed by atoms with Crippen molar-refractivity contribution in [3.05, 3.63) is 65.2 Å². The molecule has 0 aliphatic carbocycles. The van der Waals surface area contributed by atoms with Gasteiger partial charge in [0.05, 0.1) is 6.10 Å². The largest absolute Gasteiger partial charge is 0.388 e. The summed E-state index contributed by atoms with van der Waals surface area (Å²) >= 11 is 0. The van der Waals surface area contributed by atoms with Crippen LogP contribution in [0.4, 0.5) is 4.39 Å². The van der Waals surface area contributed by atoms with Crippen molar-refractivity contribution < 1.29 is 9.50 Å². The Kier molecular flexibility index (Phi) is 5.42. The van der Waals surface area contributed by atoms with Gasteiger partial charge in [-0.2, -0.15) is 0 Å². The van der Waals surface area contributed by atoms with Crippen molar-refractivity contribution in [1.29, 1.82) is 0 Å². The minimum absolute atomic E-state index is 0.143. The molecule has 0 radical (unpaired) electrons. The second kappa shape index (κ2) is 7.29. The molecule has 0 unspecified atom stereocenters. The minimum Gasteiger partial charge on any atom is -0.388 e. The maximum atomic E-state index is 12.9. The van der Waals surface area contributed by atoms with Gasteiger partial charge in [0.25, 0.3) is 0 Å². The number of hydrogen-bond acceptors (Lipinski definition) is 3. The Morgan fingerprint density at radius 2 is 1.95 bits per heavy atom. The molecule has 0 aliphatic heterocycles. The van der Waals surface area contributed by atoms with Crippen molar-refractivity contribution >= 4 is 0 Å². The van der Waals surface area contributed by atoms with E-state index >= 15 is 0 Å². The number of hydrogen-bond donors (Lipinski definition) is 2. The summed E-state index contributed by atoms with van der Waals surface area (Å²) in [5.74, 6) is -0.288. The molecule has 1 heterocycles. The van der Waals surface area contributed by atoms with Gasteiger partial charge in [-0.15, -0.1) is 0 Å². The average molecular weight is 288 g/mol. The smallest absolute Gasteiger partial charge is 0.123 e. The lowest BCUT2D eigenvalue weighted by atomic mass is 10.0. The molecule has 0 spiro atoms. The van der Waals surface area contributed by atoms with Crippen molar-refractivity contribution in [2.24, 2.45) is 0 Å². The zero-order valence-electron chi connectivity index (χ0n) is 12.4. The van der Waals surface area contributed by atoms with Gasteiger partial charge in [0.2, 0.25) is 0 Å². The molecule has 2 atom stereocenters. The van der Waals surface area contributed by atoms with Crippen LogP contribution in [0.1, 0.15) is 36.3 Å². The molecule has 4 heteroatoms. The zero-order valence-corrected chi connectivity index (χ0v) is 12.4. The van der Waals surface area contributed by atoms with E-state index in [1.54, 1.807) is 18.3 Å². The minimum atomic E-state index is -0.594. The first-order valence-electron chi connectivity index (χ1n) is 7.13. The number of rotatable bonds is 6. The maximum absolute atomic E-state index is 12.9. The zero-order chi connectivity index (χ0) is 15.2. The SMILES string of the molecule is Cc1ncccc1CN[C@@H](C)C[C@@H](O)c1ccc(F)cc1. The van der Waals surface area contributed by atoms with Gasteiger partial charge in [0, 0.05) is 24.5 Å². The standard InChI is InChI=1S/C17H21FN2O/c1-12(20-11-15-4-3-9-19-13(15)2)10-17(21)14-5-7-16(18)8-6-14/h3-9,12,17,20-21H,10-11H2,1-2H3/t12-,17+/m0/s1. The van der Waals surface area contributed by atoms with E-state index < -0.39 is 6.10 Å². The molecule has 0 bridgehead atoms. The van der Waals surface area contributed by atoms with Gasteiger partial charge < -0.3 is 10.4 Å². The lowest BCUT2D eigenvalue weighted by molar-refractivity contribution is 0.153. The lowest BCUT2D eigenvalue weighted by Gasteiger charge is -2.18. The van der Waals surface area contributed by atoms with Crippen LogP contribution in [-0.4, -0.2) is 16.1 Å². The summed E-state index contributed by atoms with van der Waals surface area (Å²) in [5.41, 5.74) is 2.90. The number of pyridine rings is 1. The van der Waals surface area contributed by atoms with Crippen molar-refractivity contribution in [3.63, 3.8) is 0 Å². The Hall–Kier alpha value is -1.78. The van der Waals surface area contributed by atoms with Gasteiger partial charge in [-0.3, -0.25) is 4.98 Å². The van der Waals surface area contributed by atoms with E-state index in [-0.39, 0.29) is 11.9 Å². The third-order valence-corrected chi connectivity index (χ3v) is 3.59. The first-order valence-corrected chi connectivity index (χ1v) is 7.13. The molecule has 2 rings (SSSR count). The number of aliphatic hydroxyl groups excluding tert-OH is 1. The Labute approximate surface area is 124 Å². The van der Waals surface area contributed by atoms with Crippen LogP contribution in [0, 0.1) is 12.7 Å². The Balaban J connectivity index is 1.85. The number of aromatic nitrogens is 1. The first kappa shape index (κ1) is 15.6. The van der Waals surface area contributed by atoms with E-state index in [2.05, 4.69) is 10.3 Å². The van der Waals surface area contributed by atoms with Crippen LogP contribution < -0.4 is 5.32 Å². The summed E-state index contributed by atoms with van der Waals surface area (Å²) in [6.45, 7) is 4.73. The van der Waals surface area contributed by atoms with Crippen LogP contribution in [0.2, 0.25) is 0 Å². The monoisotopic (exact) mass is 288 g/mol. The van der Waals surface area contributed by atoms with Gasteiger partial charge in [-0.05, 0) is 49.6 Å². The van der Waals surface area contributed by atoms with Crippen molar-refractivity contribution in [1.82, 2.24) is 10.3 Å². The van der Waals surface area contributed by atoms with Crippen LogP contribution >= 0.6 is 0 Å². The molecule has 1 aromatic heterocycles. The Bertz CT molecular complexity index is 571. The number of aryl methyl sites for hydroxylation is 1. The van der Waals surface area contributed by atoms with Crippen molar-refractivity contribution in [2.75, 3.05) is 0 Å². The average Bonchev–Trinajstić information content (AvgIpc) is 2.47. The molecule has 2 N–H and O–H groups in total. The molecule has 21 heavy (non-hydrogen) atoms. The molecule has 0 fully saturated rings. The number of aliphatic hydroxyl groups is 1. The van der Waals surface area contributed by atoms with Gasteiger partial charge in [-0.25, -0.2) is 4.39 Å². The fourth-order valence-electron chi connectivity index (χ4n) is 2.23. The highest BCUT2D eigenvalue weighted by Gasteiger charge is 2.12. The second-order valence-electron chi connectivity index (χ2n) is 5.33. The van der Waals surface area contributed by atoms with Gasteiger partial charge in [0.15, 0.2) is 0 Å². The van der Waals surface area contributed by atoms with E-state index in [4.69, 9.17) is 0 Å². The maximum Gasteiger partial charge on any atom is 0.123 e. The molecule has 1 aromatic carbocycles. The predicted molar refractivity (Wildman–Crippen MR) is 81.3 cm³/mol. The molecule has 112 valence electrons. The van der Waals surface area contributed by atoms with Crippen LogP contribution in [0.15, 0.2) is 42.6 Å². The summed E-state index contributed by atoms with van der Waals surface area (Å²) in [5, 5.41) is 13.5. The third kappa shape index (κ3) is 4.62. The van der Waals surface area contributed by atoms with E-state index in [1.165, 1.54) is 12.1 Å². The summed E-state index contributed by atoms with van der Waals surface area (Å²) < 4.78 is 12.9. The molecule has 0 saturated carbocycles. The summed E-state index contributed by atoms with van der Waals surface area (Å²) in [4.78, 5) is 4.25. The lowest BCUT2D eigenvalue weighted by Crippen LogP contribution is -2.27. The molecular formula is C17H21FN2O. The Morgan fingerprint density at radius 1 is 1.24 bits per heavy atom. The van der Waals surface area contributed by atoms with Gasteiger partial charge in [0.1, 0.15) is 5.82 Å². The van der Waals surface area contributed by atoms with Crippen LogP contribution in [-0.2, 0) is 6.54 Å². The van der Waals surface area contributed by atoms with Crippen molar-refractivity contribution in [2.45, 2.75) is 39.0 Å². The third-order valence-electron chi connectivity index (χ3n) is 3.59. The molecule has 0 aliphatic rings. The van der Waals surface area contributed by atoms with E-state index in [0.717, 1.165) is 23.4 Å². The quantitative estimate of drug-likeness (QED) is 0.858. The van der Waals surface area contributed by atoms with E-state index in [1.807, 2.05) is 26.0 Å². The Morgan fingerprint density at radius 3 is 2.62 bits per heavy atom. The number of nitrogens with one attached hydrogen (secondary N) is 1. The van der Waals surface area contributed by atoms with Crippen LogP contribution in [0.25, 0.3) is 0 Å². The summed E-state index contributed by atoms with van der Waals surface area (Å²) in [7, 11) is 0. The number of halogens is 1. The molecular weight excluding hydrogens is 267 g/mol. The van der Waals surface area contributed by atoms with Crippen molar-refractivity contribution in [3.8, 4) is 0 Å². The fourth-order valence-corrected chi connectivity index (χ4v) is 2.23.